The Balaban J connectivity index is 2.30. The van der Waals surface area contributed by atoms with E-state index in [-0.39, 0.29) is 16.3 Å². The van der Waals surface area contributed by atoms with Crippen molar-refractivity contribution in [1.82, 2.24) is 9.88 Å². The molecule has 0 N–H and O–H groups in total. The Labute approximate surface area is 130 Å². The number of hydrogen-bond acceptors (Lipinski definition) is 5. The highest BCUT2D eigenvalue weighted by Crippen LogP contribution is 2.29. The summed E-state index contributed by atoms with van der Waals surface area (Å²) in [6.45, 7) is 2.20. The molecule has 0 aliphatic rings. The lowest BCUT2D eigenvalue weighted by Gasteiger charge is -2.16. The van der Waals surface area contributed by atoms with E-state index in [9.17, 15) is 14.9 Å². The van der Waals surface area contributed by atoms with Crippen LogP contribution in [0, 0.1) is 17.0 Å². The van der Waals surface area contributed by atoms with Crippen LogP contribution in [-0.4, -0.2) is 27.8 Å². The number of aryl methyl sites for hydroxylation is 1. The van der Waals surface area contributed by atoms with Crippen molar-refractivity contribution in [3.8, 4) is 0 Å². The van der Waals surface area contributed by atoms with Crippen LogP contribution in [0.25, 0.3) is 0 Å². The molecule has 0 aliphatic heterocycles. The fraction of sp³-hybridized carbons (Fsp3) is 0.231. The summed E-state index contributed by atoms with van der Waals surface area (Å²) in [6.07, 6.45) is 0. The van der Waals surface area contributed by atoms with Gasteiger partial charge in [-0.3, -0.25) is 14.9 Å². The maximum atomic E-state index is 12.4. The van der Waals surface area contributed by atoms with E-state index in [0.29, 0.717) is 6.54 Å². The molecule has 1 amide bonds. The van der Waals surface area contributed by atoms with E-state index in [4.69, 9.17) is 11.6 Å². The monoisotopic (exact) mass is 325 g/mol. The fourth-order valence-corrected chi connectivity index (χ4v) is 2.92. The number of aromatic nitrogens is 1. The first-order chi connectivity index (χ1) is 9.91. The Bertz CT molecular complexity index is 702. The number of benzene rings is 1. The molecule has 2 rings (SSSR count). The molecule has 0 saturated carbocycles. The van der Waals surface area contributed by atoms with Crippen LogP contribution in [0.5, 0.6) is 0 Å². The van der Waals surface area contributed by atoms with Gasteiger partial charge in [0, 0.05) is 11.9 Å². The van der Waals surface area contributed by atoms with E-state index < -0.39 is 10.8 Å². The number of carbonyl (C=O) groups is 1. The van der Waals surface area contributed by atoms with Crippen LogP contribution in [0.4, 0.5) is 5.69 Å². The van der Waals surface area contributed by atoms with Crippen LogP contribution in [0.1, 0.15) is 20.9 Å². The number of nitro benzene ring substituents is 1. The van der Waals surface area contributed by atoms with Gasteiger partial charge in [0.05, 0.1) is 22.7 Å². The Hall–Kier alpha value is -1.99. The number of nitrogens with zero attached hydrogens (tertiary/aromatic N) is 3. The molecule has 8 heteroatoms. The molecule has 0 saturated heterocycles. The number of thiazole rings is 1. The van der Waals surface area contributed by atoms with E-state index in [1.54, 1.807) is 12.6 Å². The van der Waals surface area contributed by atoms with Crippen LogP contribution in [0.15, 0.2) is 23.7 Å². The van der Waals surface area contributed by atoms with Crippen LogP contribution in [0.2, 0.25) is 5.02 Å². The summed E-state index contributed by atoms with van der Waals surface area (Å²) >= 11 is 7.26. The minimum absolute atomic E-state index is 0.0165. The fourth-order valence-electron chi connectivity index (χ4n) is 1.84. The molecule has 1 aromatic heterocycles. The third kappa shape index (κ3) is 3.20. The first-order valence-electron chi connectivity index (χ1n) is 5.99. The van der Waals surface area contributed by atoms with Gasteiger partial charge in [-0.15, -0.1) is 11.3 Å². The second-order valence-corrected chi connectivity index (χ2v) is 5.76. The Morgan fingerprint density at radius 2 is 2.24 bits per heavy atom. The zero-order chi connectivity index (χ0) is 15.6. The summed E-state index contributed by atoms with van der Waals surface area (Å²) in [6, 6.07) is 4.32. The van der Waals surface area contributed by atoms with Gasteiger partial charge in [-0.1, -0.05) is 17.7 Å². The van der Waals surface area contributed by atoms with Gasteiger partial charge in [0.25, 0.3) is 5.91 Å². The smallest absolute Gasteiger partial charge is 0.300 e. The molecule has 0 fully saturated rings. The lowest BCUT2D eigenvalue weighted by atomic mass is 10.1. The molecule has 21 heavy (non-hydrogen) atoms. The number of carbonyl (C=O) groups excluding carboxylic acids is 1. The second kappa shape index (κ2) is 6.19. The highest BCUT2D eigenvalue weighted by molar-refractivity contribution is 7.09. The summed E-state index contributed by atoms with van der Waals surface area (Å²) in [5.41, 5.74) is 2.17. The van der Waals surface area contributed by atoms with Gasteiger partial charge in [-0.25, -0.2) is 4.98 Å². The molecule has 0 spiro atoms. The number of para-hydroxylation sites is 1. The minimum atomic E-state index is -0.638. The van der Waals surface area contributed by atoms with Crippen molar-refractivity contribution in [3.63, 3.8) is 0 Å². The van der Waals surface area contributed by atoms with Crippen molar-refractivity contribution in [2.45, 2.75) is 13.5 Å². The molecule has 110 valence electrons. The Kier molecular flexibility index (Phi) is 4.54. The highest BCUT2D eigenvalue weighted by atomic mass is 35.5. The summed E-state index contributed by atoms with van der Waals surface area (Å²) in [5, 5.41) is 11.0. The third-order valence-electron chi connectivity index (χ3n) is 2.97. The third-order valence-corrected chi connectivity index (χ3v) is 4.20. The molecule has 2 aromatic rings. The van der Waals surface area contributed by atoms with Crippen LogP contribution < -0.4 is 0 Å². The lowest BCUT2D eigenvalue weighted by molar-refractivity contribution is -0.385. The van der Waals surface area contributed by atoms with Crippen molar-refractivity contribution in [3.05, 3.63) is 55.0 Å². The number of nitro groups is 1. The van der Waals surface area contributed by atoms with Crippen molar-refractivity contribution in [2.24, 2.45) is 0 Å². The summed E-state index contributed by atoms with van der Waals surface area (Å²) in [7, 11) is 1.59. The number of amides is 1. The first-order valence-corrected chi connectivity index (χ1v) is 7.25. The zero-order valence-corrected chi connectivity index (χ0v) is 12.9. The molecule has 1 heterocycles. The van der Waals surface area contributed by atoms with Gasteiger partial charge in [-0.05, 0) is 19.1 Å². The van der Waals surface area contributed by atoms with Gasteiger partial charge >= 0.3 is 5.69 Å². The summed E-state index contributed by atoms with van der Waals surface area (Å²) in [4.78, 5) is 29.3. The van der Waals surface area contributed by atoms with Crippen molar-refractivity contribution >= 4 is 34.5 Å². The standard InChI is InChI=1S/C13H12ClN3O3S/c1-8-11(21-7-15-8)6-16(2)13(18)9-4-3-5-10(14)12(9)17(19)20/h3-5,7H,6H2,1-2H3. The predicted octanol–water partition coefficient (Wildman–Crippen LogP) is 3.29. The largest absolute Gasteiger partial charge is 0.336 e. The lowest BCUT2D eigenvalue weighted by Crippen LogP contribution is -2.26. The second-order valence-electron chi connectivity index (χ2n) is 4.42. The van der Waals surface area contributed by atoms with E-state index >= 15 is 0 Å². The van der Waals surface area contributed by atoms with Crippen molar-refractivity contribution in [2.75, 3.05) is 7.05 Å². The zero-order valence-electron chi connectivity index (χ0n) is 11.4. The normalized spacial score (nSPS) is 10.4. The summed E-state index contributed by atoms with van der Waals surface area (Å²) in [5.74, 6) is -0.447. The molecular weight excluding hydrogens is 314 g/mol. The SMILES string of the molecule is Cc1ncsc1CN(C)C(=O)c1cccc(Cl)c1[N+](=O)[O-]. The van der Waals surface area contributed by atoms with E-state index in [0.717, 1.165) is 10.6 Å². The quantitative estimate of drug-likeness (QED) is 0.638. The van der Waals surface area contributed by atoms with Crippen LogP contribution in [-0.2, 0) is 6.54 Å². The van der Waals surface area contributed by atoms with Gasteiger partial charge in [0.2, 0.25) is 0 Å². The van der Waals surface area contributed by atoms with Gasteiger partial charge < -0.3 is 4.90 Å². The van der Waals surface area contributed by atoms with E-state index in [2.05, 4.69) is 4.98 Å². The predicted molar refractivity (Wildman–Crippen MR) is 80.8 cm³/mol. The number of halogens is 1. The molecule has 0 aliphatic carbocycles. The minimum Gasteiger partial charge on any atom is -0.336 e. The molecular formula is C13H12ClN3O3S. The Morgan fingerprint density at radius 1 is 1.52 bits per heavy atom. The van der Waals surface area contributed by atoms with Gasteiger partial charge in [-0.2, -0.15) is 0 Å². The molecule has 0 bridgehead atoms. The van der Waals surface area contributed by atoms with Gasteiger partial charge in [0.15, 0.2) is 0 Å². The van der Waals surface area contributed by atoms with Crippen molar-refractivity contribution in [1.29, 1.82) is 0 Å². The molecule has 6 nitrogen and oxygen atoms in total. The summed E-state index contributed by atoms with van der Waals surface area (Å²) < 4.78 is 0. The van der Waals surface area contributed by atoms with Crippen LogP contribution in [0.3, 0.4) is 0 Å². The van der Waals surface area contributed by atoms with Gasteiger partial charge in [0.1, 0.15) is 10.6 Å². The molecule has 0 radical (unpaired) electrons. The number of hydrogen-bond donors (Lipinski definition) is 0. The van der Waals surface area contributed by atoms with Crippen molar-refractivity contribution < 1.29 is 9.72 Å². The highest BCUT2D eigenvalue weighted by Gasteiger charge is 2.26. The van der Waals surface area contributed by atoms with Crippen LogP contribution >= 0.6 is 22.9 Å². The topological polar surface area (TPSA) is 76.3 Å². The average Bonchev–Trinajstić information content (AvgIpc) is 2.82. The van der Waals surface area contributed by atoms with E-state index in [1.165, 1.54) is 34.4 Å². The van der Waals surface area contributed by atoms with E-state index in [1.807, 2.05) is 6.92 Å². The molecule has 0 atom stereocenters. The maximum Gasteiger partial charge on any atom is 0.300 e. The average molecular weight is 326 g/mol. The number of rotatable bonds is 4. The maximum absolute atomic E-state index is 12.4. The molecule has 0 unspecified atom stereocenters. The first kappa shape index (κ1) is 15.4. The molecule has 1 aromatic carbocycles. The Morgan fingerprint density at radius 3 is 2.81 bits per heavy atom.